The van der Waals surface area contributed by atoms with Crippen molar-refractivity contribution in [3.8, 4) is 0 Å². The number of ether oxygens (including phenoxy) is 1. The number of nitrogens with zero attached hydrogens (tertiary/aromatic N) is 2. The Morgan fingerprint density at radius 2 is 1.71 bits per heavy atom. The third-order valence-corrected chi connectivity index (χ3v) is 6.12. The van der Waals surface area contributed by atoms with Crippen LogP contribution in [0, 0.1) is 0 Å². The molecule has 0 saturated heterocycles. The molecule has 1 aliphatic heterocycles. The lowest BCUT2D eigenvalue weighted by Gasteiger charge is -2.40. The van der Waals surface area contributed by atoms with Crippen molar-refractivity contribution in [1.82, 2.24) is 4.90 Å². The van der Waals surface area contributed by atoms with Crippen LogP contribution in [-0.4, -0.2) is 36.0 Å². The summed E-state index contributed by atoms with van der Waals surface area (Å²) in [5, 5.41) is 0. The lowest BCUT2D eigenvalue weighted by atomic mass is 9.69. The molecule has 0 spiro atoms. The zero-order chi connectivity index (χ0) is 21.9. The van der Waals surface area contributed by atoms with Crippen molar-refractivity contribution in [3.63, 3.8) is 0 Å². The first-order valence-corrected chi connectivity index (χ1v) is 11.0. The van der Waals surface area contributed by atoms with Crippen molar-refractivity contribution >= 4 is 5.90 Å². The summed E-state index contributed by atoms with van der Waals surface area (Å²) in [6.45, 7) is 14.4. The van der Waals surface area contributed by atoms with Gasteiger partial charge in [0.2, 0.25) is 0 Å². The molecular weight excluding hydrogens is 380 g/mol. The topological polar surface area (TPSA) is 24.8 Å². The highest BCUT2D eigenvalue weighted by atomic mass is 16.5. The van der Waals surface area contributed by atoms with E-state index < -0.39 is 5.41 Å². The molecule has 0 fully saturated rings. The highest BCUT2D eigenvalue weighted by Gasteiger charge is 2.46. The number of fused-ring (bicyclic) bond motifs is 1. The van der Waals surface area contributed by atoms with Gasteiger partial charge in [0.25, 0.3) is 0 Å². The van der Waals surface area contributed by atoms with Crippen molar-refractivity contribution in [2.75, 3.05) is 19.7 Å². The van der Waals surface area contributed by atoms with Gasteiger partial charge >= 0.3 is 0 Å². The van der Waals surface area contributed by atoms with Crippen molar-refractivity contribution < 1.29 is 4.74 Å². The summed E-state index contributed by atoms with van der Waals surface area (Å²) in [5.74, 6) is 0.822. The van der Waals surface area contributed by atoms with Crippen LogP contribution in [-0.2, 0) is 16.6 Å². The molecule has 1 aliphatic carbocycles. The molecule has 0 aromatic heterocycles. The molecule has 0 saturated carbocycles. The van der Waals surface area contributed by atoms with E-state index in [1.165, 1.54) is 16.7 Å². The van der Waals surface area contributed by atoms with E-state index in [0.717, 1.165) is 25.4 Å². The summed E-state index contributed by atoms with van der Waals surface area (Å²) in [6, 6.07) is 19.5. The molecular formula is C28H32N2O. The molecule has 2 aromatic rings. The second-order valence-electron chi connectivity index (χ2n) is 9.07. The second-order valence-corrected chi connectivity index (χ2v) is 9.07. The minimum atomic E-state index is -0.420. The van der Waals surface area contributed by atoms with Gasteiger partial charge < -0.3 is 4.74 Å². The van der Waals surface area contributed by atoms with Crippen LogP contribution in [0.1, 0.15) is 36.6 Å². The van der Waals surface area contributed by atoms with Crippen LogP contribution in [0.25, 0.3) is 0 Å². The summed E-state index contributed by atoms with van der Waals surface area (Å²) in [7, 11) is 0. The molecule has 3 heteroatoms. The fourth-order valence-electron chi connectivity index (χ4n) is 4.71. The lowest BCUT2D eigenvalue weighted by molar-refractivity contribution is 0.257. The minimum Gasteiger partial charge on any atom is -0.478 e. The first kappa shape index (κ1) is 21.3. The van der Waals surface area contributed by atoms with Crippen molar-refractivity contribution in [2.24, 2.45) is 4.99 Å². The highest BCUT2D eigenvalue weighted by molar-refractivity contribution is 5.93. The van der Waals surface area contributed by atoms with E-state index >= 15 is 0 Å². The molecule has 3 nitrogen and oxygen atoms in total. The van der Waals surface area contributed by atoms with Crippen molar-refractivity contribution in [3.05, 3.63) is 109 Å². The Morgan fingerprint density at radius 3 is 2.35 bits per heavy atom. The van der Waals surface area contributed by atoms with Gasteiger partial charge in [-0.1, -0.05) is 78.9 Å². The average molecular weight is 413 g/mol. The van der Waals surface area contributed by atoms with Crippen LogP contribution in [0.4, 0.5) is 0 Å². The number of benzene rings is 2. The van der Waals surface area contributed by atoms with Gasteiger partial charge in [-0.2, -0.15) is 0 Å². The van der Waals surface area contributed by atoms with Crippen LogP contribution in [0.5, 0.6) is 0 Å². The molecule has 31 heavy (non-hydrogen) atoms. The minimum absolute atomic E-state index is 0.158. The maximum absolute atomic E-state index is 6.28. The SMILES string of the molecule is C=CCN(CC=C)[C@@H]1C=C[C@](Cc2ccccc2)(C2=NC(C)(C)CO2)c2ccccc21. The van der Waals surface area contributed by atoms with Crippen LogP contribution in [0.15, 0.2) is 97.1 Å². The smallest absolute Gasteiger partial charge is 0.199 e. The second kappa shape index (κ2) is 8.68. The quantitative estimate of drug-likeness (QED) is 0.523. The third kappa shape index (κ3) is 4.15. The normalized spacial score (nSPS) is 23.7. The number of hydrogen-bond donors (Lipinski definition) is 0. The van der Waals surface area contributed by atoms with E-state index in [0.29, 0.717) is 6.61 Å². The molecule has 2 aromatic carbocycles. The molecule has 2 atom stereocenters. The maximum atomic E-state index is 6.28. The predicted molar refractivity (Wildman–Crippen MR) is 130 cm³/mol. The Labute approximate surface area is 186 Å². The van der Waals surface area contributed by atoms with E-state index in [2.05, 4.69) is 98.7 Å². The van der Waals surface area contributed by atoms with Gasteiger partial charge in [0, 0.05) is 13.1 Å². The molecule has 0 bridgehead atoms. The van der Waals surface area contributed by atoms with E-state index in [1.807, 2.05) is 12.2 Å². The third-order valence-electron chi connectivity index (χ3n) is 6.12. The van der Waals surface area contributed by atoms with Gasteiger partial charge in [0.1, 0.15) is 6.61 Å². The zero-order valence-electron chi connectivity index (χ0n) is 18.6. The van der Waals surface area contributed by atoms with Crippen molar-refractivity contribution in [1.29, 1.82) is 0 Å². The molecule has 0 amide bonds. The van der Waals surface area contributed by atoms with Gasteiger partial charge in [-0.3, -0.25) is 4.90 Å². The van der Waals surface area contributed by atoms with E-state index in [1.54, 1.807) is 0 Å². The maximum Gasteiger partial charge on any atom is 0.199 e. The summed E-state index contributed by atoms with van der Waals surface area (Å²) in [6.07, 6.45) is 9.37. The molecule has 160 valence electrons. The Balaban J connectivity index is 1.87. The molecule has 1 heterocycles. The summed E-state index contributed by atoms with van der Waals surface area (Å²) < 4.78 is 6.28. The Hall–Kier alpha value is -2.91. The van der Waals surface area contributed by atoms with E-state index in [9.17, 15) is 0 Å². The summed E-state index contributed by atoms with van der Waals surface area (Å²) in [4.78, 5) is 7.43. The van der Waals surface area contributed by atoms with Gasteiger partial charge in [-0.15, -0.1) is 13.2 Å². The number of rotatable bonds is 8. The monoisotopic (exact) mass is 412 g/mol. The van der Waals surface area contributed by atoms with Crippen LogP contribution >= 0.6 is 0 Å². The summed E-state index contributed by atoms with van der Waals surface area (Å²) in [5.41, 5.74) is 3.19. The molecule has 0 N–H and O–H groups in total. The fourth-order valence-corrected chi connectivity index (χ4v) is 4.71. The summed E-state index contributed by atoms with van der Waals surface area (Å²) >= 11 is 0. The standard InChI is InChI=1S/C28H32N2O/c1-5-18-30(19-6-2)25-16-17-28(20-22-12-8-7-9-13-22,24-15-11-10-14-23(24)25)26-29-27(3,4)21-31-26/h5-17,25H,1-2,18-21H2,3-4H3/t25-,28-/m1/s1. The molecule has 2 aliphatic rings. The first-order chi connectivity index (χ1) is 15.0. The van der Waals surface area contributed by atoms with Gasteiger partial charge in [-0.25, -0.2) is 4.99 Å². The largest absolute Gasteiger partial charge is 0.478 e. The van der Waals surface area contributed by atoms with Crippen LogP contribution in [0.3, 0.4) is 0 Å². The fraction of sp³-hybridized carbons (Fsp3) is 0.321. The average Bonchev–Trinajstić information content (AvgIpc) is 3.15. The number of aliphatic imine (C=N–C) groups is 1. The molecule has 0 radical (unpaired) electrons. The Kier molecular flexibility index (Phi) is 5.97. The van der Waals surface area contributed by atoms with Gasteiger partial charge in [0.05, 0.1) is 17.0 Å². The predicted octanol–water partition coefficient (Wildman–Crippen LogP) is 5.66. The molecule has 0 unspecified atom stereocenters. The lowest BCUT2D eigenvalue weighted by Crippen LogP contribution is -2.42. The van der Waals surface area contributed by atoms with Gasteiger partial charge in [0.15, 0.2) is 5.90 Å². The van der Waals surface area contributed by atoms with Gasteiger partial charge in [-0.05, 0) is 37.0 Å². The Morgan fingerprint density at radius 1 is 1.03 bits per heavy atom. The first-order valence-electron chi connectivity index (χ1n) is 11.0. The van der Waals surface area contributed by atoms with E-state index in [-0.39, 0.29) is 11.6 Å². The van der Waals surface area contributed by atoms with Crippen molar-refractivity contribution in [2.45, 2.75) is 37.3 Å². The van der Waals surface area contributed by atoms with Crippen LogP contribution in [0.2, 0.25) is 0 Å². The number of hydrogen-bond acceptors (Lipinski definition) is 3. The Bertz CT molecular complexity index is 995. The van der Waals surface area contributed by atoms with E-state index in [4.69, 9.17) is 9.73 Å². The molecule has 4 rings (SSSR count). The van der Waals surface area contributed by atoms with Crippen LogP contribution < -0.4 is 0 Å². The zero-order valence-corrected chi connectivity index (χ0v) is 18.6. The highest BCUT2D eigenvalue weighted by Crippen LogP contribution is 2.44.